The Bertz CT molecular complexity index is 542. The van der Waals surface area contributed by atoms with Gasteiger partial charge in [-0.25, -0.2) is 14.6 Å². The summed E-state index contributed by atoms with van der Waals surface area (Å²) >= 11 is 5.92. The Kier molecular flexibility index (Phi) is 2.68. The van der Waals surface area contributed by atoms with E-state index in [2.05, 4.69) is 20.3 Å². The van der Waals surface area contributed by atoms with E-state index in [1.54, 1.807) is 4.68 Å². The Balaban J connectivity index is 2.08. The minimum Gasteiger partial charge on any atom is -0.391 e. The fraction of sp³-hybridized carbons (Fsp3) is 0.600. The highest BCUT2D eigenvalue weighted by atomic mass is 35.5. The summed E-state index contributed by atoms with van der Waals surface area (Å²) in [5, 5.41) is 18.3. The van der Waals surface area contributed by atoms with E-state index in [1.165, 1.54) is 6.33 Å². The lowest BCUT2D eigenvalue weighted by Gasteiger charge is -2.27. The summed E-state index contributed by atoms with van der Waals surface area (Å²) in [6.45, 7) is 0. The van der Waals surface area contributed by atoms with Crippen LogP contribution in [0.3, 0.4) is 0 Å². The number of nitrogens with zero attached hydrogens (tertiary/aromatic N) is 5. The van der Waals surface area contributed by atoms with Gasteiger partial charge in [-0.1, -0.05) is 29.7 Å². The molecule has 0 aliphatic heterocycles. The van der Waals surface area contributed by atoms with Crippen LogP contribution in [0.15, 0.2) is 6.33 Å². The fourth-order valence-electron chi connectivity index (χ4n) is 2.34. The van der Waals surface area contributed by atoms with Crippen molar-refractivity contribution in [2.45, 2.75) is 37.8 Å². The Labute approximate surface area is 103 Å². The van der Waals surface area contributed by atoms with E-state index in [0.29, 0.717) is 16.3 Å². The summed E-state index contributed by atoms with van der Waals surface area (Å²) in [6, 6.07) is -0.0558. The van der Waals surface area contributed by atoms with Crippen molar-refractivity contribution in [2.75, 3.05) is 0 Å². The molecular weight excluding hydrogens is 242 g/mol. The first-order valence-electron chi connectivity index (χ1n) is 5.67. The minimum atomic E-state index is -0.387. The molecule has 2 aromatic rings. The predicted octanol–water partition coefficient (Wildman–Crippen LogP) is 1.35. The normalized spacial score (nSPS) is 25.3. The zero-order chi connectivity index (χ0) is 11.8. The van der Waals surface area contributed by atoms with E-state index in [1.807, 2.05) is 0 Å². The van der Waals surface area contributed by atoms with Crippen LogP contribution in [0.5, 0.6) is 0 Å². The highest BCUT2D eigenvalue weighted by Crippen LogP contribution is 2.30. The van der Waals surface area contributed by atoms with Crippen LogP contribution in [0.1, 0.15) is 31.7 Å². The molecule has 1 saturated carbocycles. The van der Waals surface area contributed by atoms with Crippen molar-refractivity contribution in [1.29, 1.82) is 0 Å². The summed E-state index contributed by atoms with van der Waals surface area (Å²) < 4.78 is 1.67. The monoisotopic (exact) mass is 253 g/mol. The van der Waals surface area contributed by atoms with Gasteiger partial charge in [0.15, 0.2) is 16.3 Å². The molecule has 0 saturated heterocycles. The zero-order valence-corrected chi connectivity index (χ0v) is 9.88. The third kappa shape index (κ3) is 1.77. The first-order chi connectivity index (χ1) is 8.27. The lowest BCUT2D eigenvalue weighted by molar-refractivity contribution is 0.0703. The first kappa shape index (κ1) is 10.9. The molecule has 0 radical (unpaired) electrons. The Hall–Kier alpha value is -1.27. The van der Waals surface area contributed by atoms with Crippen LogP contribution in [0.2, 0.25) is 5.15 Å². The van der Waals surface area contributed by atoms with Crippen molar-refractivity contribution >= 4 is 22.8 Å². The number of rotatable bonds is 1. The molecule has 7 heteroatoms. The summed E-state index contributed by atoms with van der Waals surface area (Å²) in [6.07, 6.45) is 4.83. The van der Waals surface area contributed by atoms with Gasteiger partial charge in [0, 0.05) is 0 Å². The van der Waals surface area contributed by atoms with Crippen molar-refractivity contribution in [2.24, 2.45) is 0 Å². The Morgan fingerprint density at radius 3 is 2.94 bits per heavy atom. The Morgan fingerprint density at radius 1 is 1.29 bits per heavy atom. The number of halogens is 1. The van der Waals surface area contributed by atoms with Crippen LogP contribution in [0.4, 0.5) is 0 Å². The largest absolute Gasteiger partial charge is 0.391 e. The van der Waals surface area contributed by atoms with Crippen molar-refractivity contribution in [3.63, 3.8) is 0 Å². The lowest BCUT2D eigenvalue weighted by Crippen LogP contribution is -2.28. The Morgan fingerprint density at radius 2 is 2.12 bits per heavy atom. The van der Waals surface area contributed by atoms with Gasteiger partial charge in [-0.2, -0.15) is 0 Å². The highest BCUT2D eigenvalue weighted by molar-refractivity contribution is 6.33. The van der Waals surface area contributed by atoms with Crippen LogP contribution in [-0.4, -0.2) is 36.2 Å². The fourth-order valence-corrected chi connectivity index (χ4v) is 2.50. The second-order valence-electron chi connectivity index (χ2n) is 4.29. The van der Waals surface area contributed by atoms with Gasteiger partial charge in [0.25, 0.3) is 0 Å². The molecule has 0 amide bonds. The minimum absolute atomic E-state index is 0.0558. The van der Waals surface area contributed by atoms with Gasteiger partial charge >= 0.3 is 0 Å². The van der Waals surface area contributed by atoms with Crippen molar-refractivity contribution in [3.05, 3.63) is 11.5 Å². The molecule has 17 heavy (non-hydrogen) atoms. The van der Waals surface area contributed by atoms with E-state index < -0.39 is 0 Å². The molecule has 0 aromatic carbocycles. The van der Waals surface area contributed by atoms with Gasteiger partial charge in [-0.15, -0.1) is 5.10 Å². The number of aromatic nitrogens is 5. The van der Waals surface area contributed by atoms with Gasteiger partial charge in [0.2, 0.25) is 0 Å². The second-order valence-corrected chi connectivity index (χ2v) is 4.65. The van der Waals surface area contributed by atoms with Crippen molar-refractivity contribution in [1.82, 2.24) is 25.0 Å². The van der Waals surface area contributed by atoms with E-state index in [4.69, 9.17) is 11.6 Å². The van der Waals surface area contributed by atoms with Crippen molar-refractivity contribution in [3.8, 4) is 0 Å². The molecule has 90 valence electrons. The average molecular weight is 254 g/mol. The topological polar surface area (TPSA) is 76.7 Å². The van der Waals surface area contributed by atoms with Crippen LogP contribution in [-0.2, 0) is 0 Å². The summed E-state index contributed by atoms with van der Waals surface area (Å²) in [5.74, 6) is 0. The molecule has 3 rings (SSSR count). The molecule has 1 aliphatic carbocycles. The number of hydrogen-bond donors (Lipinski definition) is 1. The smallest absolute Gasteiger partial charge is 0.183 e. The van der Waals surface area contributed by atoms with Crippen molar-refractivity contribution < 1.29 is 5.11 Å². The zero-order valence-electron chi connectivity index (χ0n) is 9.12. The van der Waals surface area contributed by atoms with Crippen LogP contribution < -0.4 is 0 Å². The summed E-state index contributed by atoms with van der Waals surface area (Å²) in [5.41, 5.74) is 1.09. The average Bonchev–Trinajstić information content (AvgIpc) is 2.75. The van der Waals surface area contributed by atoms with E-state index in [0.717, 1.165) is 25.7 Å². The quantitative estimate of drug-likeness (QED) is 0.777. The first-order valence-corrected chi connectivity index (χ1v) is 6.04. The molecule has 2 heterocycles. The number of hydrogen-bond acceptors (Lipinski definition) is 5. The molecular formula is C10H12ClN5O. The molecule has 2 atom stereocenters. The van der Waals surface area contributed by atoms with E-state index in [-0.39, 0.29) is 12.1 Å². The molecule has 2 aromatic heterocycles. The van der Waals surface area contributed by atoms with Crippen LogP contribution >= 0.6 is 11.6 Å². The molecule has 2 unspecified atom stereocenters. The maximum absolute atomic E-state index is 10.0. The van der Waals surface area contributed by atoms with Gasteiger partial charge in [-0.3, -0.25) is 0 Å². The maximum Gasteiger partial charge on any atom is 0.183 e. The lowest BCUT2D eigenvalue weighted by atomic mass is 9.93. The van der Waals surface area contributed by atoms with Gasteiger partial charge < -0.3 is 5.11 Å². The highest BCUT2D eigenvalue weighted by Gasteiger charge is 2.27. The summed E-state index contributed by atoms with van der Waals surface area (Å²) in [7, 11) is 0. The summed E-state index contributed by atoms with van der Waals surface area (Å²) in [4.78, 5) is 8.00. The van der Waals surface area contributed by atoms with Gasteiger partial charge in [0.05, 0.1) is 12.1 Å². The predicted molar refractivity (Wildman–Crippen MR) is 61.6 cm³/mol. The molecule has 1 fully saturated rings. The van der Waals surface area contributed by atoms with E-state index in [9.17, 15) is 5.11 Å². The van der Waals surface area contributed by atoms with Gasteiger partial charge in [-0.05, 0) is 12.8 Å². The second kappa shape index (κ2) is 4.19. The maximum atomic E-state index is 10.0. The standard InChI is InChI=1S/C10H12ClN5O/c11-9-8-10(13-5-12-9)16(15-14-8)6-3-1-2-4-7(6)17/h5-7,17H,1-4H2. The van der Waals surface area contributed by atoms with Crippen LogP contribution in [0.25, 0.3) is 11.2 Å². The molecule has 0 spiro atoms. The number of aliphatic hydroxyl groups is 1. The third-order valence-electron chi connectivity index (χ3n) is 3.22. The van der Waals surface area contributed by atoms with Gasteiger partial charge in [0.1, 0.15) is 6.33 Å². The van der Waals surface area contributed by atoms with E-state index >= 15 is 0 Å². The molecule has 1 aliphatic rings. The third-order valence-corrected chi connectivity index (χ3v) is 3.50. The van der Waals surface area contributed by atoms with Crippen LogP contribution in [0, 0.1) is 0 Å². The number of fused-ring (bicyclic) bond motifs is 1. The molecule has 1 N–H and O–H groups in total. The SMILES string of the molecule is OC1CCCCC1n1nnc2c(Cl)ncnc21. The molecule has 6 nitrogen and oxygen atoms in total. The number of aliphatic hydroxyl groups excluding tert-OH is 1. The molecule has 0 bridgehead atoms.